The van der Waals surface area contributed by atoms with Gasteiger partial charge in [-0.3, -0.25) is 24.6 Å². The van der Waals surface area contributed by atoms with E-state index in [0.29, 0.717) is 44.0 Å². The lowest BCUT2D eigenvalue weighted by Gasteiger charge is -2.29. The molecule has 6 aromatic heterocycles. The summed E-state index contributed by atoms with van der Waals surface area (Å²) in [6.07, 6.45) is 11.1. The quantitative estimate of drug-likeness (QED) is 0.0831. The van der Waals surface area contributed by atoms with Crippen molar-refractivity contribution < 1.29 is 32.7 Å². The lowest BCUT2D eigenvalue weighted by Crippen LogP contribution is -2.36. The monoisotopic (exact) mass is 1170 g/mol. The molecule has 5 N–H and O–H groups in total. The lowest BCUT2D eigenvalue weighted by molar-refractivity contribution is 0.0533. The van der Waals surface area contributed by atoms with E-state index in [9.17, 15) is 38.5 Å². The van der Waals surface area contributed by atoms with Gasteiger partial charge in [0.05, 0.1) is 72.9 Å². The van der Waals surface area contributed by atoms with E-state index in [1.165, 1.54) is 96.9 Å². The number of aromatic nitrogens is 4. The molecule has 0 saturated carbocycles. The number of rotatable bonds is 12. The van der Waals surface area contributed by atoms with Crippen molar-refractivity contribution in [1.82, 2.24) is 35.1 Å². The van der Waals surface area contributed by atoms with Crippen LogP contribution in [0.4, 0.5) is 52.5 Å². The summed E-state index contributed by atoms with van der Waals surface area (Å²) in [6.45, 7) is 9.49. The van der Waals surface area contributed by atoms with Gasteiger partial charge in [-0.2, -0.15) is 10.5 Å². The van der Waals surface area contributed by atoms with E-state index in [-0.39, 0.29) is 83.0 Å². The average Bonchev–Trinajstić information content (AvgIpc) is 4.52. The first-order valence-electron chi connectivity index (χ1n) is 25.7. The van der Waals surface area contributed by atoms with Crippen LogP contribution in [0.3, 0.4) is 0 Å². The third-order valence-corrected chi connectivity index (χ3v) is 16.4. The molecule has 0 atom stereocenters. The predicted octanol–water partition coefficient (Wildman–Crippen LogP) is 11.5. The zero-order valence-electron chi connectivity index (χ0n) is 43.2. The van der Waals surface area contributed by atoms with Gasteiger partial charge in [-0.25, -0.2) is 33.1 Å². The summed E-state index contributed by atoms with van der Waals surface area (Å²) in [6, 6.07) is 17.1. The average molecular weight is 1170 g/mol. The first-order valence-corrected chi connectivity index (χ1v) is 28.1. The Bertz CT molecular complexity index is 3850. The molecule has 0 aliphatic carbocycles. The fourth-order valence-corrected chi connectivity index (χ4v) is 12.5. The van der Waals surface area contributed by atoms with Crippen LogP contribution in [0.25, 0.3) is 42.9 Å². The highest BCUT2D eigenvalue weighted by atomic mass is 35.5. The van der Waals surface area contributed by atoms with E-state index in [1.807, 2.05) is 0 Å². The van der Waals surface area contributed by atoms with Gasteiger partial charge < -0.3 is 36.2 Å². The standard InChI is InChI=1S/C27H21ClFN7O2S.C23H13ClFN5O3S.C6H14N2/c28-19-4-3-15(29)13-17(19)21-18(14-30)23-20-22(34-27(38)36(23)16-5-7-31-8-6-16)24(39-26(20)33-21)25(37)32-9-12-35-10-1-2-11-35;1-2-33-22(31)20-18-16-19(30(23(32)29-18)12-5-7-27-8-6-12)14(10-26)17(28-21(16)34-20)13-9-11(25)3-4-15(13)24;7-3-6-8-4-1-2-5-8/h3-8,13H,1-2,9-12H2,(H,32,37)(H,34,38);3-9H,2H2,1H3,(H,29,32);1-7H2. The molecule has 4 aliphatic rings. The highest BCUT2D eigenvalue weighted by molar-refractivity contribution is 7.21. The molecule has 0 unspecified atom stereocenters. The van der Waals surface area contributed by atoms with Crippen molar-refractivity contribution in [2.75, 3.05) is 79.4 Å². The SMILES string of the molecule is CCOC(=O)c1sc2nc(-c3cc(F)ccc3Cl)c(C#N)c3c2c1NC(=O)N3c1ccncc1.N#Cc1c(-c2cc(F)ccc2Cl)nc2sc(C(=O)NCCN3CCCC3)c3c2c1N(c1ccncc1)C(=O)N3.NCCN1CCCC1. The molecule has 25 heteroatoms. The number of anilines is 6. The van der Waals surface area contributed by atoms with Crippen molar-refractivity contribution in [1.29, 1.82) is 10.5 Å². The van der Waals surface area contributed by atoms with Crippen LogP contribution < -0.4 is 31.5 Å². The molecule has 8 aromatic rings. The Kier molecular flexibility index (Phi) is 17.0. The molecular formula is C56H48Cl2F2N14O5S2. The summed E-state index contributed by atoms with van der Waals surface area (Å²) in [5, 5.41) is 30.3. The van der Waals surface area contributed by atoms with Crippen molar-refractivity contribution in [3.05, 3.63) is 128 Å². The van der Waals surface area contributed by atoms with Gasteiger partial charge in [0.2, 0.25) is 0 Å². The number of hydrogen-bond donors (Lipinski definition) is 4. The number of halogens is 4. The van der Waals surface area contributed by atoms with Crippen LogP contribution in [-0.2, 0) is 4.74 Å². The molecule has 2 saturated heterocycles. The van der Waals surface area contributed by atoms with Gasteiger partial charge in [0.25, 0.3) is 5.91 Å². The maximum atomic E-state index is 14.3. The summed E-state index contributed by atoms with van der Waals surface area (Å²) in [5.41, 5.74) is 7.84. The number of carbonyl (C=O) groups excluding carboxylic acids is 4. The number of benzene rings is 2. The number of hydrogen-bond acceptors (Lipinski definition) is 16. The van der Waals surface area contributed by atoms with Gasteiger partial charge in [-0.1, -0.05) is 23.2 Å². The molecule has 12 rings (SSSR count). The molecule has 81 heavy (non-hydrogen) atoms. The highest BCUT2D eigenvalue weighted by Gasteiger charge is 2.39. The number of urea groups is 2. The molecule has 0 radical (unpaired) electrons. The Balaban J connectivity index is 0.000000161. The fourth-order valence-electron chi connectivity index (χ4n) is 9.98. The van der Waals surface area contributed by atoms with E-state index < -0.39 is 29.7 Å². The lowest BCUT2D eigenvalue weighted by atomic mass is 10.00. The first kappa shape index (κ1) is 56.0. The number of likely N-dealkylation sites (tertiary alicyclic amines) is 2. The van der Waals surface area contributed by atoms with Crippen molar-refractivity contribution >= 4 is 124 Å². The number of esters is 1. The number of nitrogens with one attached hydrogen (secondary N) is 3. The van der Waals surface area contributed by atoms with Crippen LogP contribution in [0.5, 0.6) is 0 Å². The van der Waals surface area contributed by atoms with Crippen molar-refractivity contribution in [3.63, 3.8) is 0 Å². The second-order valence-corrected chi connectivity index (χ2v) is 21.4. The number of thiophene rings is 2. The van der Waals surface area contributed by atoms with Gasteiger partial charge in [0.15, 0.2) is 0 Å². The molecule has 2 aromatic carbocycles. The second kappa shape index (κ2) is 24.6. The molecule has 0 spiro atoms. The minimum absolute atomic E-state index is 0.00104. The maximum Gasteiger partial charge on any atom is 0.350 e. The van der Waals surface area contributed by atoms with Gasteiger partial charge in [-0.15, -0.1) is 22.7 Å². The summed E-state index contributed by atoms with van der Waals surface area (Å²) in [7, 11) is 0. The van der Waals surface area contributed by atoms with Crippen LogP contribution in [0.15, 0.2) is 85.5 Å². The zero-order chi connectivity index (χ0) is 56.9. The van der Waals surface area contributed by atoms with E-state index in [0.717, 1.165) is 68.2 Å². The Morgan fingerprint density at radius 3 is 1.59 bits per heavy atom. The Hall–Kier alpha value is -8.26. The molecule has 412 valence electrons. The van der Waals surface area contributed by atoms with Crippen LogP contribution in [0.2, 0.25) is 10.0 Å². The number of nitriles is 2. The minimum atomic E-state index is -0.632. The minimum Gasteiger partial charge on any atom is -0.462 e. The molecule has 19 nitrogen and oxygen atoms in total. The number of pyridine rings is 4. The van der Waals surface area contributed by atoms with Crippen LogP contribution >= 0.6 is 45.9 Å². The summed E-state index contributed by atoms with van der Waals surface area (Å²) < 4.78 is 33.6. The van der Waals surface area contributed by atoms with Gasteiger partial charge in [-0.05, 0) is 119 Å². The number of carbonyl (C=O) groups is 4. The number of ether oxygens (including phenoxy) is 1. The van der Waals surface area contributed by atoms with E-state index in [4.69, 9.17) is 33.7 Å². The number of amides is 5. The Morgan fingerprint density at radius 2 is 1.15 bits per heavy atom. The van der Waals surface area contributed by atoms with Gasteiger partial charge in [0, 0.05) is 62.1 Å². The summed E-state index contributed by atoms with van der Waals surface area (Å²) in [5.74, 6) is -2.10. The molecule has 10 heterocycles. The van der Waals surface area contributed by atoms with E-state index >= 15 is 0 Å². The second-order valence-electron chi connectivity index (χ2n) is 18.6. The third kappa shape index (κ3) is 11.3. The third-order valence-electron chi connectivity index (χ3n) is 13.6. The highest BCUT2D eigenvalue weighted by Crippen LogP contribution is 2.52. The van der Waals surface area contributed by atoms with Crippen LogP contribution in [-0.4, -0.2) is 113 Å². The Labute approximate surface area is 480 Å². The predicted molar refractivity (Wildman–Crippen MR) is 309 cm³/mol. The summed E-state index contributed by atoms with van der Waals surface area (Å²) >= 11 is 14.9. The largest absolute Gasteiger partial charge is 0.462 e. The van der Waals surface area contributed by atoms with Crippen molar-refractivity contribution in [2.45, 2.75) is 32.6 Å². The fraction of sp³-hybridized carbons (Fsp3) is 0.250. The Morgan fingerprint density at radius 1 is 0.704 bits per heavy atom. The topological polar surface area (TPSA) is 252 Å². The van der Waals surface area contributed by atoms with Crippen LogP contribution in [0, 0.1) is 34.3 Å². The molecule has 4 aliphatic heterocycles. The van der Waals surface area contributed by atoms with Gasteiger partial charge in [0.1, 0.15) is 54.3 Å². The van der Waals surface area contributed by atoms with E-state index in [1.54, 1.807) is 31.2 Å². The molecule has 2 fully saturated rings. The summed E-state index contributed by atoms with van der Waals surface area (Å²) in [4.78, 5) is 78.6. The molecule has 5 amide bonds. The van der Waals surface area contributed by atoms with Crippen LogP contribution in [0.1, 0.15) is 63.1 Å². The smallest absolute Gasteiger partial charge is 0.350 e. The van der Waals surface area contributed by atoms with Crippen molar-refractivity contribution in [2.24, 2.45) is 5.73 Å². The van der Waals surface area contributed by atoms with Crippen molar-refractivity contribution in [3.8, 4) is 34.7 Å². The molecule has 0 bridgehead atoms. The molecular weight excluding hydrogens is 1120 g/mol. The maximum absolute atomic E-state index is 14.3. The van der Waals surface area contributed by atoms with Gasteiger partial charge >= 0.3 is 18.0 Å². The first-order chi connectivity index (χ1) is 39.3. The number of nitrogens with two attached hydrogens (primary N) is 1. The van der Waals surface area contributed by atoms with E-state index in [2.05, 4.69) is 57.8 Å². The number of nitrogens with zero attached hydrogens (tertiary/aromatic N) is 10. The zero-order valence-corrected chi connectivity index (χ0v) is 46.3. The normalized spacial score (nSPS) is 14.6.